The Morgan fingerprint density at radius 2 is 2.24 bits per heavy atom. The Balaban J connectivity index is 1.85. The van der Waals surface area contributed by atoms with Gasteiger partial charge in [-0.15, -0.1) is 4.47 Å². The first-order valence-corrected chi connectivity index (χ1v) is 6.58. The van der Waals surface area contributed by atoms with Crippen LogP contribution in [0.15, 0.2) is 41.3 Å². The van der Waals surface area contributed by atoms with Crippen molar-refractivity contribution in [1.82, 2.24) is 19.7 Å². The lowest BCUT2D eigenvalue weighted by atomic mass is 10.2. The number of para-hydroxylation sites is 1. The lowest BCUT2D eigenvalue weighted by Crippen LogP contribution is -2.02. The Kier molecular flexibility index (Phi) is 3.69. The van der Waals surface area contributed by atoms with Crippen molar-refractivity contribution in [2.24, 2.45) is 11.5 Å². The van der Waals surface area contributed by atoms with Gasteiger partial charge in [-0.2, -0.15) is 5.10 Å². The van der Waals surface area contributed by atoms with Crippen molar-refractivity contribution in [1.29, 1.82) is 0 Å². The Labute approximate surface area is 126 Å². The third kappa shape index (κ3) is 2.65. The van der Waals surface area contributed by atoms with E-state index < -0.39 is 0 Å². The van der Waals surface area contributed by atoms with Crippen LogP contribution in [0.3, 0.4) is 0 Å². The molecule has 0 saturated carbocycles. The fourth-order valence-electron chi connectivity index (χ4n) is 2.09. The zero-order chi connectivity index (χ0) is 14.7. The van der Waals surface area contributed by atoms with Gasteiger partial charge in [-0.1, -0.05) is 18.2 Å². The number of hydrogen-bond acceptors (Lipinski definition) is 6. The van der Waals surface area contributed by atoms with Crippen molar-refractivity contribution in [2.75, 3.05) is 5.43 Å². The molecule has 0 unspecified atom stereocenters. The maximum atomic E-state index is 5.73. The smallest absolute Gasteiger partial charge is 0.193 e. The molecule has 3 aromatic rings. The van der Waals surface area contributed by atoms with Gasteiger partial charge in [-0.3, -0.25) is 4.68 Å². The number of ether oxygens (including phenoxy) is 1. The summed E-state index contributed by atoms with van der Waals surface area (Å²) in [4.78, 5) is 7.94. The second-order valence-corrected chi connectivity index (χ2v) is 4.50. The Hall–Kier alpha value is -2.61. The number of anilines is 1. The predicted octanol–water partition coefficient (Wildman–Crippen LogP) is 2.00. The summed E-state index contributed by atoms with van der Waals surface area (Å²) in [5.74, 6) is 0.904. The van der Waals surface area contributed by atoms with Gasteiger partial charge in [-0.25, -0.2) is 15.4 Å². The molecule has 3 rings (SSSR count). The van der Waals surface area contributed by atoms with Gasteiger partial charge in [0, 0.05) is 12.4 Å². The summed E-state index contributed by atoms with van der Waals surface area (Å²) in [6.45, 7) is 0.306. The van der Waals surface area contributed by atoms with Crippen LogP contribution in [0.2, 0.25) is 0 Å². The first kappa shape index (κ1) is 13.4. The minimum atomic E-state index is 0.306. The molecule has 1 aromatic carbocycles. The van der Waals surface area contributed by atoms with Crippen LogP contribution >= 0.6 is 0 Å². The van der Waals surface area contributed by atoms with Crippen LogP contribution in [-0.2, 0) is 26.1 Å². The molecule has 106 valence electrons. The molecule has 0 aliphatic carbocycles. The second kappa shape index (κ2) is 5.80. The molecular weight excluding hydrogens is 288 g/mol. The summed E-state index contributed by atoms with van der Waals surface area (Å²) in [5, 5.41) is 5.52. The summed E-state index contributed by atoms with van der Waals surface area (Å²) in [7, 11) is 1.90. The van der Waals surface area contributed by atoms with Crippen LogP contribution in [0.1, 0.15) is 5.69 Å². The molecular formula is C13H12N6OS. The van der Waals surface area contributed by atoms with Crippen LogP contribution in [0.25, 0.3) is 10.9 Å². The van der Waals surface area contributed by atoms with Crippen molar-refractivity contribution in [3.05, 3.63) is 42.5 Å². The molecule has 2 aromatic heterocycles. The fraction of sp³-hybridized carbons (Fsp3) is 0.154. The van der Waals surface area contributed by atoms with Gasteiger partial charge in [0.1, 0.15) is 18.6 Å². The molecule has 1 N–H and O–H groups in total. The molecule has 0 amide bonds. The highest BCUT2D eigenvalue weighted by Crippen LogP contribution is 2.23. The molecule has 21 heavy (non-hydrogen) atoms. The highest BCUT2D eigenvalue weighted by molar-refractivity contribution is 7.47. The number of aryl methyl sites for hydroxylation is 1. The third-order valence-electron chi connectivity index (χ3n) is 3.03. The molecule has 0 saturated heterocycles. The summed E-state index contributed by atoms with van der Waals surface area (Å²) >= 11 is 4.52. The zero-order valence-corrected chi connectivity index (χ0v) is 12.0. The lowest BCUT2D eigenvalue weighted by Gasteiger charge is -2.07. The Bertz CT molecular complexity index is 787. The molecule has 8 heteroatoms. The van der Waals surface area contributed by atoms with E-state index in [1.807, 2.05) is 36.0 Å². The third-order valence-corrected chi connectivity index (χ3v) is 3.12. The first-order chi connectivity index (χ1) is 10.3. The first-order valence-electron chi connectivity index (χ1n) is 6.21. The van der Waals surface area contributed by atoms with Crippen molar-refractivity contribution >= 4 is 29.1 Å². The number of benzene rings is 1. The molecule has 0 radical (unpaired) electrons. The number of fused-ring (bicyclic) bond motifs is 1. The van der Waals surface area contributed by atoms with E-state index in [1.165, 1.54) is 6.33 Å². The molecule has 7 nitrogen and oxygen atoms in total. The minimum absolute atomic E-state index is 0.306. The van der Waals surface area contributed by atoms with E-state index in [1.54, 1.807) is 6.20 Å². The normalized spacial score (nSPS) is 10.5. The number of rotatable bonds is 5. The Morgan fingerprint density at radius 1 is 1.38 bits per heavy atom. The summed E-state index contributed by atoms with van der Waals surface area (Å²) in [6.07, 6.45) is 2.95. The maximum absolute atomic E-state index is 5.73. The van der Waals surface area contributed by atoms with Crippen molar-refractivity contribution in [3.63, 3.8) is 0 Å². The van der Waals surface area contributed by atoms with E-state index in [-0.39, 0.29) is 0 Å². The van der Waals surface area contributed by atoms with Gasteiger partial charge in [0.05, 0.1) is 24.1 Å². The zero-order valence-electron chi connectivity index (χ0n) is 11.2. The van der Waals surface area contributed by atoms with E-state index in [4.69, 9.17) is 4.74 Å². The van der Waals surface area contributed by atoms with Crippen molar-refractivity contribution in [2.45, 2.75) is 6.61 Å². The fourth-order valence-corrected chi connectivity index (χ4v) is 2.18. The van der Waals surface area contributed by atoms with Crippen LogP contribution in [0, 0.1) is 0 Å². The second-order valence-electron chi connectivity index (χ2n) is 4.31. The quantitative estimate of drug-likeness (QED) is 0.726. The standard InChI is InChI=1S/C13H12N6OS/c1-19-11-5-3-2-4-9(11)10(17-19)7-20-12-6-14-8-15-13(12)16-18-21/h2-6,8H,7H2,1H3,(H,14,15,16,21). The van der Waals surface area contributed by atoms with Crippen LogP contribution < -0.4 is 10.2 Å². The minimum Gasteiger partial charge on any atom is -0.482 e. The largest absolute Gasteiger partial charge is 0.482 e. The number of aromatic nitrogens is 4. The van der Waals surface area contributed by atoms with Crippen molar-refractivity contribution in [3.8, 4) is 5.75 Å². The SMILES string of the molecule is Cn1nc(COc2cncnc2NN=S)c2ccccc21. The average Bonchev–Trinajstić information content (AvgIpc) is 2.84. The molecule has 0 spiro atoms. The van der Waals surface area contributed by atoms with E-state index in [0.717, 1.165) is 16.6 Å². The molecule has 0 atom stereocenters. The summed E-state index contributed by atoms with van der Waals surface area (Å²) in [5.41, 5.74) is 4.49. The van der Waals surface area contributed by atoms with Crippen molar-refractivity contribution < 1.29 is 4.74 Å². The van der Waals surface area contributed by atoms with Gasteiger partial charge in [0.15, 0.2) is 11.6 Å². The monoisotopic (exact) mass is 300 g/mol. The van der Waals surface area contributed by atoms with Gasteiger partial charge >= 0.3 is 0 Å². The van der Waals surface area contributed by atoms with E-state index in [0.29, 0.717) is 18.2 Å². The highest BCUT2D eigenvalue weighted by atomic mass is 32.1. The van der Waals surface area contributed by atoms with Gasteiger partial charge in [-0.05, 0) is 6.07 Å². The van der Waals surface area contributed by atoms with E-state index in [2.05, 4.69) is 37.4 Å². The van der Waals surface area contributed by atoms with Gasteiger partial charge in [0.2, 0.25) is 0 Å². The maximum Gasteiger partial charge on any atom is 0.193 e. The average molecular weight is 300 g/mol. The van der Waals surface area contributed by atoms with Gasteiger partial charge < -0.3 is 4.74 Å². The topological polar surface area (TPSA) is 77.2 Å². The van der Waals surface area contributed by atoms with E-state index >= 15 is 0 Å². The van der Waals surface area contributed by atoms with Crippen LogP contribution in [0.5, 0.6) is 5.75 Å². The Morgan fingerprint density at radius 3 is 3.10 bits per heavy atom. The number of hydrogen-bond donors (Lipinski definition) is 1. The molecule has 0 aliphatic rings. The van der Waals surface area contributed by atoms with Crippen LogP contribution in [0.4, 0.5) is 5.82 Å². The summed E-state index contributed by atoms with van der Waals surface area (Å²) < 4.78 is 11.0. The van der Waals surface area contributed by atoms with Crippen LogP contribution in [-0.4, -0.2) is 19.7 Å². The molecule has 0 aliphatic heterocycles. The molecule has 0 fully saturated rings. The van der Waals surface area contributed by atoms with Gasteiger partial charge in [0.25, 0.3) is 0 Å². The lowest BCUT2D eigenvalue weighted by molar-refractivity contribution is 0.300. The number of nitrogens with zero attached hydrogens (tertiary/aromatic N) is 5. The highest BCUT2D eigenvalue weighted by Gasteiger charge is 2.10. The molecule has 0 bridgehead atoms. The van der Waals surface area contributed by atoms with E-state index in [9.17, 15) is 0 Å². The predicted molar refractivity (Wildman–Crippen MR) is 80.5 cm³/mol. The number of nitrogens with one attached hydrogen (secondary N) is 1. The summed E-state index contributed by atoms with van der Waals surface area (Å²) in [6, 6.07) is 7.98. The molecule has 2 heterocycles.